The summed E-state index contributed by atoms with van der Waals surface area (Å²) in [4.78, 5) is 20.8. The topological polar surface area (TPSA) is 104 Å². The van der Waals surface area contributed by atoms with Gasteiger partial charge in [0, 0.05) is 13.1 Å². The molecule has 6 nitrogen and oxygen atoms in total. The zero-order valence-corrected chi connectivity index (χ0v) is 8.79. The predicted molar refractivity (Wildman–Crippen MR) is 56.6 cm³/mol. The molecule has 0 aliphatic carbocycles. The number of nitrogens with one attached hydrogen (secondary N) is 2. The Labute approximate surface area is 89.2 Å². The molecule has 0 saturated carbocycles. The second kappa shape index (κ2) is 9.26. The van der Waals surface area contributed by atoms with Crippen molar-refractivity contribution in [2.75, 3.05) is 19.6 Å². The van der Waals surface area contributed by atoms with Crippen LogP contribution in [0.3, 0.4) is 0 Å². The van der Waals surface area contributed by atoms with E-state index in [0.717, 1.165) is 25.7 Å². The van der Waals surface area contributed by atoms with Crippen LogP contribution < -0.4 is 16.4 Å². The molecule has 0 aromatic rings. The van der Waals surface area contributed by atoms with Gasteiger partial charge in [0.15, 0.2) is 0 Å². The first-order valence-electron chi connectivity index (χ1n) is 5.10. The molecule has 0 fully saturated rings. The summed E-state index contributed by atoms with van der Waals surface area (Å²) in [6, 6.07) is 0. The molecule has 0 bridgehead atoms. The quantitative estimate of drug-likeness (QED) is 0.426. The van der Waals surface area contributed by atoms with E-state index in [1.54, 1.807) is 0 Å². The van der Waals surface area contributed by atoms with E-state index >= 15 is 0 Å². The molecule has 0 aliphatic heterocycles. The number of nitrogens with two attached hydrogens (primary N) is 1. The molecule has 0 saturated heterocycles. The van der Waals surface area contributed by atoms with Crippen LogP contribution in [-0.2, 0) is 4.79 Å². The normalized spacial score (nSPS) is 9.67. The predicted octanol–water partition coefficient (Wildman–Crippen LogP) is -0.111. The number of hydrogen-bond acceptors (Lipinski definition) is 3. The SMILES string of the molecule is NCC(=O)NCCCCCCNC(=O)O. The molecule has 5 N–H and O–H groups in total. The van der Waals surface area contributed by atoms with Crippen LogP contribution in [0.2, 0.25) is 0 Å². The van der Waals surface area contributed by atoms with Gasteiger partial charge in [0.2, 0.25) is 5.91 Å². The van der Waals surface area contributed by atoms with Gasteiger partial charge < -0.3 is 21.5 Å². The van der Waals surface area contributed by atoms with Gasteiger partial charge in [-0.2, -0.15) is 0 Å². The number of carbonyl (C=O) groups is 2. The Morgan fingerprint density at radius 1 is 1.00 bits per heavy atom. The van der Waals surface area contributed by atoms with Crippen LogP contribution in [0, 0.1) is 0 Å². The summed E-state index contributed by atoms with van der Waals surface area (Å²) in [6.45, 7) is 1.16. The maximum Gasteiger partial charge on any atom is 0.404 e. The third kappa shape index (κ3) is 10.6. The van der Waals surface area contributed by atoms with Crippen LogP contribution in [0.1, 0.15) is 25.7 Å². The smallest absolute Gasteiger partial charge is 0.404 e. The van der Waals surface area contributed by atoms with E-state index in [9.17, 15) is 9.59 Å². The first-order valence-corrected chi connectivity index (χ1v) is 5.10. The van der Waals surface area contributed by atoms with E-state index in [1.165, 1.54) is 0 Å². The number of rotatable bonds is 8. The van der Waals surface area contributed by atoms with Gasteiger partial charge in [0.1, 0.15) is 0 Å². The van der Waals surface area contributed by atoms with Crippen molar-refractivity contribution in [3.05, 3.63) is 0 Å². The lowest BCUT2D eigenvalue weighted by Gasteiger charge is -2.03. The minimum absolute atomic E-state index is 0.0303. The first-order chi connectivity index (χ1) is 7.16. The highest BCUT2D eigenvalue weighted by molar-refractivity contribution is 5.77. The molecule has 2 amide bonds. The number of carbonyl (C=O) groups excluding carboxylic acids is 1. The van der Waals surface area contributed by atoms with Crippen LogP contribution in [0.5, 0.6) is 0 Å². The zero-order valence-electron chi connectivity index (χ0n) is 8.79. The molecular formula is C9H19N3O3. The Kier molecular flexibility index (Phi) is 8.46. The fraction of sp³-hybridized carbons (Fsp3) is 0.778. The van der Waals surface area contributed by atoms with Crippen molar-refractivity contribution in [1.82, 2.24) is 10.6 Å². The molecule has 0 aromatic carbocycles. The summed E-state index contributed by atoms with van der Waals surface area (Å²) < 4.78 is 0. The van der Waals surface area contributed by atoms with Gasteiger partial charge in [-0.15, -0.1) is 0 Å². The molecular weight excluding hydrogens is 198 g/mol. The number of carboxylic acid groups (broad SMARTS) is 1. The van der Waals surface area contributed by atoms with Gasteiger partial charge in [-0.1, -0.05) is 12.8 Å². The Morgan fingerprint density at radius 2 is 1.53 bits per heavy atom. The Bertz CT molecular complexity index is 197. The summed E-state index contributed by atoms with van der Waals surface area (Å²) in [5.74, 6) is -0.137. The minimum Gasteiger partial charge on any atom is -0.465 e. The Balaban J connectivity index is 3.05. The van der Waals surface area contributed by atoms with Gasteiger partial charge >= 0.3 is 6.09 Å². The van der Waals surface area contributed by atoms with Crippen LogP contribution >= 0.6 is 0 Å². The second-order valence-electron chi connectivity index (χ2n) is 3.20. The molecule has 0 heterocycles. The molecule has 88 valence electrons. The van der Waals surface area contributed by atoms with E-state index in [2.05, 4.69) is 10.6 Å². The van der Waals surface area contributed by atoms with Crippen molar-refractivity contribution in [3.8, 4) is 0 Å². The zero-order chi connectivity index (χ0) is 11.5. The number of unbranched alkanes of at least 4 members (excludes halogenated alkanes) is 3. The first kappa shape index (κ1) is 13.7. The third-order valence-electron chi connectivity index (χ3n) is 1.89. The van der Waals surface area contributed by atoms with Crippen molar-refractivity contribution < 1.29 is 14.7 Å². The summed E-state index contributed by atoms with van der Waals surface area (Å²) in [5, 5.41) is 13.2. The third-order valence-corrected chi connectivity index (χ3v) is 1.89. The van der Waals surface area contributed by atoms with Gasteiger partial charge in [0.05, 0.1) is 6.54 Å². The van der Waals surface area contributed by atoms with E-state index in [0.29, 0.717) is 13.1 Å². The molecule has 0 atom stereocenters. The Hall–Kier alpha value is -1.30. The van der Waals surface area contributed by atoms with Gasteiger partial charge in [-0.25, -0.2) is 4.79 Å². The molecule has 15 heavy (non-hydrogen) atoms. The molecule has 0 aliphatic rings. The highest BCUT2D eigenvalue weighted by Gasteiger charge is 1.96. The van der Waals surface area contributed by atoms with Crippen molar-refractivity contribution >= 4 is 12.0 Å². The molecule has 0 radical (unpaired) electrons. The summed E-state index contributed by atoms with van der Waals surface area (Å²) >= 11 is 0. The molecule has 0 spiro atoms. The molecule has 0 unspecified atom stereocenters. The van der Waals surface area contributed by atoms with Crippen LogP contribution in [-0.4, -0.2) is 36.7 Å². The lowest BCUT2D eigenvalue weighted by Crippen LogP contribution is -2.30. The monoisotopic (exact) mass is 217 g/mol. The standard InChI is InChI=1S/C9H19N3O3/c10-7-8(13)11-5-3-1-2-4-6-12-9(14)15/h12H,1-7,10H2,(H,11,13)(H,14,15). The highest BCUT2D eigenvalue weighted by Crippen LogP contribution is 1.97. The lowest BCUT2D eigenvalue weighted by atomic mass is 10.2. The van der Waals surface area contributed by atoms with Crippen LogP contribution in [0.25, 0.3) is 0 Å². The van der Waals surface area contributed by atoms with E-state index in [1.807, 2.05) is 0 Å². The van der Waals surface area contributed by atoms with E-state index < -0.39 is 6.09 Å². The van der Waals surface area contributed by atoms with Crippen LogP contribution in [0.15, 0.2) is 0 Å². The van der Waals surface area contributed by atoms with E-state index in [4.69, 9.17) is 10.8 Å². The average molecular weight is 217 g/mol. The van der Waals surface area contributed by atoms with Crippen molar-refractivity contribution in [2.24, 2.45) is 5.73 Å². The Morgan fingerprint density at radius 3 is 2.00 bits per heavy atom. The number of amides is 2. The summed E-state index contributed by atoms with van der Waals surface area (Å²) in [6.07, 6.45) is 2.69. The minimum atomic E-state index is -0.981. The second-order valence-corrected chi connectivity index (χ2v) is 3.20. The fourth-order valence-electron chi connectivity index (χ4n) is 1.10. The maximum atomic E-state index is 10.7. The van der Waals surface area contributed by atoms with Crippen LogP contribution in [0.4, 0.5) is 4.79 Å². The molecule has 0 rings (SSSR count). The van der Waals surface area contributed by atoms with Crippen molar-refractivity contribution in [1.29, 1.82) is 0 Å². The molecule has 0 aromatic heterocycles. The van der Waals surface area contributed by atoms with E-state index in [-0.39, 0.29) is 12.5 Å². The van der Waals surface area contributed by atoms with Crippen molar-refractivity contribution in [3.63, 3.8) is 0 Å². The fourth-order valence-corrected chi connectivity index (χ4v) is 1.10. The van der Waals surface area contributed by atoms with Crippen molar-refractivity contribution in [2.45, 2.75) is 25.7 Å². The largest absolute Gasteiger partial charge is 0.465 e. The number of hydrogen-bond donors (Lipinski definition) is 4. The summed E-state index contributed by atoms with van der Waals surface area (Å²) in [5.41, 5.74) is 5.10. The van der Waals surface area contributed by atoms with Gasteiger partial charge in [0.25, 0.3) is 0 Å². The average Bonchev–Trinajstić information content (AvgIpc) is 2.21. The highest BCUT2D eigenvalue weighted by atomic mass is 16.4. The molecule has 6 heteroatoms. The summed E-state index contributed by atoms with van der Waals surface area (Å²) in [7, 11) is 0. The van der Waals surface area contributed by atoms with Gasteiger partial charge in [-0.05, 0) is 12.8 Å². The van der Waals surface area contributed by atoms with Gasteiger partial charge in [-0.3, -0.25) is 4.79 Å². The maximum absolute atomic E-state index is 10.7. The lowest BCUT2D eigenvalue weighted by molar-refractivity contribution is -0.119.